The number of unbranched alkanes of at least 4 members (excludes halogenated alkanes) is 1. The molecule has 0 aliphatic rings. The smallest absolute Gasteiger partial charge is 0.261 e. The number of carbonyl (C=O) groups excluding carboxylic acids is 2. The fourth-order valence-corrected chi connectivity index (χ4v) is 5.44. The lowest BCUT2D eigenvalue weighted by molar-refractivity contribution is -0.143. The third-order valence-electron chi connectivity index (χ3n) is 6.68. The van der Waals surface area contributed by atoms with Crippen molar-refractivity contribution >= 4 is 27.5 Å². The molecule has 2 N–H and O–H groups in total. The minimum absolute atomic E-state index is 0.00939. The number of sulfonamides is 1. The molecule has 0 fully saturated rings. The minimum atomic E-state index is -3.96. The Morgan fingerprint density at radius 2 is 1.45 bits per heavy atom. The molecule has 0 unspecified atom stereocenters. The van der Waals surface area contributed by atoms with Crippen molar-refractivity contribution in [3.63, 3.8) is 0 Å². The van der Waals surface area contributed by atoms with Crippen LogP contribution in [0.2, 0.25) is 0 Å². The molecule has 0 bridgehead atoms. The van der Waals surface area contributed by atoms with Gasteiger partial charge in [-0.1, -0.05) is 55.8 Å². The summed E-state index contributed by atoms with van der Waals surface area (Å²) in [5.41, 5.74) is 1.41. The van der Waals surface area contributed by atoms with Crippen LogP contribution in [0.1, 0.15) is 36.9 Å². The van der Waals surface area contributed by atoms with Crippen molar-refractivity contribution in [2.24, 2.45) is 0 Å². The van der Waals surface area contributed by atoms with E-state index >= 15 is 0 Å². The summed E-state index contributed by atoms with van der Waals surface area (Å²) in [4.78, 5) is 28.5. The van der Waals surface area contributed by atoms with Crippen LogP contribution in [0.3, 0.4) is 0 Å². The number of ether oxygens (including phenoxy) is 1. The summed E-state index contributed by atoms with van der Waals surface area (Å²) in [5.74, 6) is -1.56. The van der Waals surface area contributed by atoms with Crippen molar-refractivity contribution in [1.82, 2.24) is 10.2 Å². The molecule has 230 valence electrons. The van der Waals surface area contributed by atoms with Crippen LogP contribution in [0.15, 0.2) is 108 Å². The average Bonchev–Trinajstić information content (AvgIpc) is 3.02. The summed E-state index contributed by atoms with van der Waals surface area (Å²) in [7, 11) is -3.96. The van der Waals surface area contributed by atoms with Crippen LogP contribution in [0.5, 0.6) is 5.75 Å². The van der Waals surface area contributed by atoms with Gasteiger partial charge in [0, 0.05) is 18.8 Å². The molecule has 4 rings (SSSR count). The summed E-state index contributed by atoms with van der Waals surface area (Å²) in [6.45, 7) is 2.01. The molecule has 4 aromatic rings. The Hall–Kier alpha value is -4.77. The van der Waals surface area contributed by atoms with Gasteiger partial charge in [0.2, 0.25) is 5.91 Å². The van der Waals surface area contributed by atoms with E-state index in [4.69, 9.17) is 4.74 Å². The molecule has 0 aliphatic carbocycles. The van der Waals surface area contributed by atoms with Crippen molar-refractivity contribution in [2.75, 3.05) is 17.9 Å². The lowest BCUT2D eigenvalue weighted by atomic mass is 10.0. The molecule has 0 heterocycles. The summed E-state index contributed by atoms with van der Waals surface area (Å²) < 4.78 is 60.4. The Morgan fingerprint density at radius 1 is 0.841 bits per heavy atom. The van der Waals surface area contributed by atoms with E-state index < -0.39 is 40.2 Å². The Morgan fingerprint density at radius 3 is 2.07 bits per heavy atom. The minimum Gasteiger partial charge on any atom is -0.484 e. The molecule has 8 nitrogen and oxygen atoms in total. The lowest BCUT2D eigenvalue weighted by Crippen LogP contribution is -2.45. The average molecular weight is 622 g/mol. The molecule has 0 aromatic heterocycles. The first-order chi connectivity index (χ1) is 21.2. The van der Waals surface area contributed by atoms with Crippen LogP contribution >= 0.6 is 0 Å². The van der Waals surface area contributed by atoms with Gasteiger partial charge in [-0.15, -0.1) is 0 Å². The summed E-state index contributed by atoms with van der Waals surface area (Å²) >= 11 is 0. The zero-order valence-corrected chi connectivity index (χ0v) is 24.9. The fraction of sp³-hybridized carbons (Fsp3) is 0.212. The normalized spacial score (nSPS) is 11.8. The van der Waals surface area contributed by atoms with Crippen LogP contribution in [-0.2, 0) is 26.2 Å². The molecular weight excluding hydrogens is 588 g/mol. The number of benzene rings is 4. The van der Waals surface area contributed by atoms with E-state index in [1.54, 1.807) is 36.4 Å². The van der Waals surface area contributed by atoms with Crippen LogP contribution in [0.25, 0.3) is 0 Å². The van der Waals surface area contributed by atoms with Gasteiger partial charge in [-0.2, -0.15) is 0 Å². The third-order valence-corrected chi connectivity index (χ3v) is 8.08. The first kappa shape index (κ1) is 32.2. The zero-order chi connectivity index (χ0) is 31.5. The summed E-state index contributed by atoms with van der Waals surface area (Å²) in [6.07, 6.45) is 1.65. The second kappa shape index (κ2) is 15.1. The highest BCUT2D eigenvalue weighted by molar-refractivity contribution is 7.92. The van der Waals surface area contributed by atoms with E-state index in [0.717, 1.165) is 25.0 Å². The predicted molar refractivity (Wildman–Crippen MR) is 163 cm³/mol. The fourth-order valence-electron chi connectivity index (χ4n) is 4.38. The number of amides is 2. The maximum atomic E-state index is 13.7. The van der Waals surface area contributed by atoms with Gasteiger partial charge in [0.05, 0.1) is 4.90 Å². The first-order valence-electron chi connectivity index (χ1n) is 14.0. The van der Waals surface area contributed by atoms with E-state index in [9.17, 15) is 26.8 Å². The van der Waals surface area contributed by atoms with Gasteiger partial charge in [0.25, 0.3) is 15.9 Å². The molecule has 0 saturated carbocycles. The van der Waals surface area contributed by atoms with Crippen molar-refractivity contribution < 1.29 is 31.5 Å². The van der Waals surface area contributed by atoms with E-state index in [-0.39, 0.29) is 28.8 Å². The third kappa shape index (κ3) is 8.87. The number of hydrogen-bond donors (Lipinski definition) is 2. The molecule has 44 heavy (non-hydrogen) atoms. The van der Waals surface area contributed by atoms with Gasteiger partial charge in [0.15, 0.2) is 6.61 Å². The van der Waals surface area contributed by atoms with E-state index in [1.165, 1.54) is 53.4 Å². The first-order valence-corrected chi connectivity index (χ1v) is 15.5. The molecule has 4 aromatic carbocycles. The maximum Gasteiger partial charge on any atom is 0.261 e. The number of nitrogens with one attached hydrogen (secondary N) is 2. The Bertz CT molecular complexity index is 1630. The molecule has 11 heteroatoms. The number of anilines is 1. The van der Waals surface area contributed by atoms with Crippen LogP contribution < -0.4 is 14.8 Å². The number of nitrogens with zero attached hydrogens (tertiary/aromatic N) is 1. The van der Waals surface area contributed by atoms with Gasteiger partial charge >= 0.3 is 0 Å². The van der Waals surface area contributed by atoms with Crippen LogP contribution in [-0.4, -0.2) is 38.3 Å². The second-order valence-electron chi connectivity index (χ2n) is 9.98. The van der Waals surface area contributed by atoms with Gasteiger partial charge in [0.1, 0.15) is 23.4 Å². The summed E-state index contributed by atoms with van der Waals surface area (Å²) in [6, 6.07) is 23.9. The molecule has 0 spiro atoms. The van der Waals surface area contributed by atoms with Gasteiger partial charge in [-0.05, 0) is 78.2 Å². The monoisotopic (exact) mass is 621 g/mol. The van der Waals surface area contributed by atoms with Gasteiger partial charge in [-0.3, -0.25) is 14.3 Å². The molecular formula is C33H33F2N3O5S. The lowest BCUT2D eigenvalue weighted by Gasteiger charge is -2.31. The highest BCUT2D eigenvalue weighted by Gasteiger charge is 2.31. The molecule has 0 saturated heterocycles. The zero-order valence-electron chi connectivity index (χ0n) is 24.1. The number of halogens is 2. The molecule has 2 amide bonds. The van der Waals surface area contributed by atoms with Crippen molar-refractivity contribution in [3.05, 3.63) is 126 Å². The van der Waals surface area contributed by atoms with Gasteiger partial charge in [-0.25, -0.2) is 17.2 Å². The van der Waals surface area contributed by atoms with Gasteiger partial charge < -0.3 is 15.0 Å². The second-order valence-corrected chi connectivity index (χ2v) is 11.7. The van der Waals surface area contributed by atoms with Crippen LogP contribution in [0.4, 0.5) is 14.5 Å². The largest absolute Gasteiger partial charge is 0.484 e. The summed E-state index contributed by atoms with van der Waals surface area (Å²) in [5, 5.41) is 2.91. The van der Waals surface area contributed by atoms with E-state index in [2.05, 4.69) is 10.0 Å². The van der Waals surface area contributed by atoms with Crippen molar-refractivity contribution in [2.45, 2.75) is 37.2 Å². The van der Waals surface area contributed by atoms with E-state index in [0.29, 0.717) is 17.7 Å². The maximum absolute atomic E-state index is 13.7. The molecule has 0 aliphatic heterocycles. The Balaban J connectivity index is 1.53. The van der Waals surface area contributed by atoms with Crippen LogP contribution in [0, 0.1) is 11.6 Å². The van der Waals surface area contributed by atoms with Crippen molar-refractivity contribution in [3.8, 4) is 5.75 Å². The number of hydrogen-bond acceptors (Lipinski definition) is 5. The quantitative estimate of drug-likeness (QED) is 0.173. The molecule has 1 atom stereocenters. The highest BCUT2D eigenvalue weighted by Crippen LogP contribution is 2.25. The number of carbonyl (C=O) groups is 2. The Kier molecular flexibility index (Phi) is 11.0. The standard InChI is InChI=1S/C33H33F2N3O5S/c1-2-3-21-36-33(40)32(25-7-5-4-6-8-25)38(22-24-9-11-26(34)12-10-24)31(39)23-43-29-17-19-30(20-18-29)44(41,42)37-28-15-13-27(35)14-16-28/h4-20,32,37H,2-3,21-23H2,1H3,(H,36,40)/t32-/m0/s1. The van der Waals surface area contributed by atoms with E-state index in [1.807, 2.05) is 13.0 Å². The Labute approximate surface area is 255 Å². The van der Waals surface area contributed by atoms with Crippen molar-refractivity contribution in [1.29, 1.82) is 0 Å². The predicted octanol–water partition coefficient (Wildman–Crippen LogP) is 5.83. The molecule has 0 radical (unpaired) electrons. The highest BCUT2D eigenvalue weighted by atomic mass is 32.2. The topological polar surface area (TPSA) is 105 Å². The number of rotatable bonds is 14. The SMILES string of the molecule is CCCCNC(=O)[C@H](c1ccccc1)N(Cc1ccc(F)cc1)C(=O)COc1ccc(S(=O)(=O)Nc2ccc(F)cc2)cc1.